The van der Waals surface area contributed by atoms with Crippen LogP contribution in [0.5, 0.6) is 0 Å². The van der Waals surface area contributed by atoms with Crippen molar-refractivity contribution in [2.45, 2.75) is 52.4 Å². The fourth-order valence-electron chi connectivity index (χ4n) is 3.81. The molecule has 2 fully saturated rings. The van der Waals surface area contributed by atoms with Crippen molar-refractivity contribution in [1.29, 1.82) is 0 Å². The summed E-state index contributed by atoms with van der Waals surface area (Å²) in [6.45, 7) is 4.48. The third-order valence-corrected chi connectivity index (χ3v) is 4.56. The van der Waals surface area contributed by atoms with Crippen molar-refractivity contribution in [2.24, 2.45) is 17.3 Å². The molecule has 0 aromatic carbocycles. The summed E-state index contributed by atoms with van der Waals surface area (Å²) in [4.78, 5) is 23.6. The second-order valence-electron chi connectivity index (χ2n) is 5.76. The average molecular weight is 238 g/mol. The molecule has 0 amide bonds. The van der Waals surface area contributed by atoms with Gasteiger partial charge in [-0.1, -0.05) is 6.92 Å². The summed E-state index contributed by atoms with van der Waals surface area (Å²) >= 11 is 0. The standard InChI is InChI=1S/C14H22O3/c1-3-17-12(16)9-10-6-8-14(2)7-4-5-11(15)13(10)14/h10,13H,3-9H2,1-2H3/t10-,13?,14+/m1/s1. The number of hydrogen-bond donors (Lipinski definition) is 0. The van der Waals surface area contributed by atoms with Gasteiger partial charge in [-0.3, -0.25) is 9.59 Å². The third-order valence-electron chi connectivity index (χ3n) is 4.56. The highest BCUT2D eigenvalue weighted by Gasteiger charge is 2.50. The van der Waals surface area contributed by atoms with Gasteiger partial charge in [0.05, 0.1) is 6.61 Å². The molecule has 3 atom stereocenters. The molecule has 0 bridgehead atoms. The van der Waals surface area contributed by atoms with Crippen molar-refractivity contribution in [3.8, 4) is 0 Å². The van der Waals surface area contributed by atoms with Gasteiger partial charge in [0.2, 0.25) is 0 Å². The molecule has 2 aliphatic rings. The van der Waals surface area contributed by atoms with E-state index in [1.54, 1.807) is 0 Å². The third kappa shape index (κ3) is 2.38. The maximum Gasteiger partial charge on any atom is 0.306 e. The molecular formula is C14H22O3. The first-order chi connectivity index (χ1) is 8.07. The number of rotatable bonds is 3. The van der Waals surface area contributed by atoms with E-state index in [1.807, 2.05) is 6.92 Å². The molecule has 0 saturated heterocycles. The van der Waals surface area contributed by atoms with E-state index in [0.717, 1.165) is 25.7 Å². The van der Waals surface area contributed by atoms with Gasteiger partial charge in [-0.15, -0.1) is 0 Å². The lowest BCUT2D eigenvalue weighted by Gasteiger charge is -2.37. The average Bonchev–Trinajstić information content (AvgIpc) is 2.57. The lowest BCUT2D eigenvalue weighted by molar-refractivity contribution is -0.145. The summed E-state index contributed by atoms with van der Waals surface area (Å²) in [5, 5.41) is 0. The van der Waals surface area contributed by atoms with Gasteiger partial charge >= 0.3 is 5.97 Å². The second kappa shape index (κ2) is 4.79. The first-order valence-corrected chi connectivity index (χ1v) is 6.75. The fourth-order valence-corrected chi connectivity index (χ4v) is 3.81. The first-order valence-electron chi connectivity index (χ1n) is 6.75. The topological polar surface area (TPSA) is 43.4 Å². The Balaban J connectivity index is 2.05. The fraction of sp³-hybridized carbons (Fsp3) is 0.857. The summed E-state index contributed by atoms with van der Waals surface area (Å²) < 4.78 is 5.00. The Labute approximate surface area is 103 Å². The molecule has 3 nitrogen and oxygen atoms in total. The van der Waals surface area contributed by atoms with Crippen LogP contribution in [0.15, 0.2) is 0 Å². The number of ether oxygens (including phenoxy) is 1. The van der Waals surface area contributed by atoms with E-state index in [-0.39, 0.29) is 23.2 Å². The van der Waals surface area contributed by atoms with Crippen molar-refractivity contribution >= 4 is 11.8 Å². The molecule has 0 aromatic heterocycles. The zero-order valence-electron chi connectivity index (χ0n) is 10.8. The molecule has 2 aliphatic carbocycles. The molecule has 0 N–H and O–H groups in total. The van der Waals surface area contributed by atoms with Crippen LogP contribution in [0.1, 0.15) is 52.4 Å². The first kappa shape index (κ1) is 12.6. The Morgan fingerprint density at radius 1 is 1.47 bits per heavy atom. The molecule has 1 unspecified atom stereocenters. The van der Waals surface area contributed by atoms with Crippen molar-refractivity contribution in [3.63, 3.8) is 0 Å². The lowest BCUT2D eigenvalue weighted by atomic mass is 9.66. The molecule has 3 heteroatoms. The van der Waals surface area contributed by atoms with Gasteiger partial charge in [0.15, 0.2) is 0 Å². The molecule has 0 spiro atoms. The second-order valence-corrected chi connectivity index (χ2v) is 5.76. The van der Waals surface area contributed by atoms with Crippen LogP contribution in [0, 0.1) is 17.3 Å². The van der Waals surface area contributed by atoms with Crippen LogP contribution < -0.4 is 0 Å². The minimum atomic E-state index is -0.139. The summed E-state index contributed by atoms with van der Waals surface area (Å²) in [6.07, 6.45) is 5.40. The van der Waals surface area contributed by atoms with E-state index in [2.05, 4.69) is 6.92 Å². The molecule has 0 aliphatic heterocycles. The van der Waals surface area contributed by atoms with Crippen LogP contribution in [0.25, 0.3) is 0 Å². The summed E-state index contributed by atoms with van der Waals surface area (Å²) in [5.74, 6) is 0.582. The predicted octanol–water partition coefficient (Wildman–Crippen LogP) is 2.73. The molecule has 0 heterocycles. The number of ketones is 1. The minimum Gasteiger partial charge on any atom is -0.466 e. The van der Waals surface area contributed by atoms with Gasteiger partial charge in [-0.05, 0) is 43.9 Å². The predicted molar refractivity (Wildman–Crippen MR) is 64.4 cm³/mol. The van der Waals surface area contributed by atoms with E-state index in [4.69, 9.17) is 4.74 Å². The Bertz CT molecular complexity index is 323. The molecule has 96 valence electrons. The van der Waals surface area contributed by atoms with Crippen LogP contribution in [0.4, 0.5) is 0 Å². The van der Waals surface area contributed by atoms with Gasteiger partial charge in [0.1, 0.15) is 5.78 Å². The highest BCUT2D eigenvalue weighted by molar-refractivity contribution is 5.84. The Hall–Kier alpha value is -0.860. The van der Waals surface area contributed by atoms with E-state index in [1.165, 1.54) is 0 Å². The summed E-state index contributed by atoms with van der Waals surface area (Å²) in [6, 6.07) is 0. The summed E-state index contributed by atoms with van der Waals surface area (Å²) in [7, 11) is 0. The molecule has 0 radical (unpaired) electrons. The van der Waals surface area contributed by atoms with Crippen LogP contribution in [0.3, 0.4) is 0 Å². The van der Waals surface area contributed by atoms with Gasteiger partial charge < -0.3 is 4.74 Å². The van der Waals surface area contributed by atoms with Gasteiger partial charge in [0, 0.05) is 18.8 Å². The minimum absolute atomic E-state index is 0.112. The normalized spacial score (nSPS) is 36.7. The number of Topliss-reactive ketones (excluding diaryl/α,β-unsaturated/α-hetero) is 1. The van der Waals surface area contributed by atoms with Crippen molar-refractivity contribution in [3.05, 3.63) is 0 Å². The number of hydrogen-bond acceptors (Lipinski definition) is 3. The zero-order valence-corrected chi connectivity index (χ0v) is 10.8. The Kier molecular flexibility index (Phi) is 3.55. The maximum absolute atomic E-state index is 12.1. The van der Waals surface area contributed by atoms with Crippen molar-refractivity contribution in [2.75, 3.05) is 6.61 Å². The quantitative estimate of drug-likeness (QED) is 0.710. The van der Waals surface area contributed by atoms with Crippen molar-refractivity contribution in [1.82, 2.24) is 0 Å². The largest absolute Gasteiger partial charge is 0.466 e. The number of fused-ring (bicyclic) bond motifs is 1. The number of carbonyl (C=O) groups excluding carboxylic acids is 2. The molecule has 17 heavy (non-hydrogen) atoms. The van der Waals surface area contributed by atoms with Crippen molar-refractivity contribution < 1.29 is 14.3 Å². The molecular weight excluding hydrogens is 216 g/mol. The highest BCUT2D eigenvalue weighted by atomic mass is 16.5. The zero-order chi connectivity index (χ0) is 12.5. The molecule has 0 aromatic rings. The van der Waals surface area contributed by atoms with Crippen LogP contribution in [0.2, 0.25) is 0 Å². The molecule has 2 saturated carbocycles. The molecule has 2 rings (SSSR count). The lowest BCUT2D eigenvalue weighted by Crippen LogP contribution is -2.37. The number of esters is 1. The Morgan fingerprint density at radius 3 is 2.94 bits per heavy atom. The van der Waals surface area contributed by atoms with E-state index in [9.17, 15) is 9.59 Å². The van der Waals surface area contributed by atoms with Crippen LogP contribution in [-0.4, -0.2) is 18.4 Å². The van der Waals surface area contributed by atoms with Crippen LogP contribution in [-0.2, 0) is 14.3 Å². The monoisotopic (exact) mass is 238 g/mol. The SMILES string of the molecule is CCOC(=O)C[C@H]1CC[C@]2(C)CCCC(=O)C12. The van der Waals surface area contributed by atoms with Gasteiger partial charge in [-0.25, -0.2) is 0 Å². The smallest absolute Gasteiger partial charge is 0.306 e. The van der Waals surface area contributed by atoms with E-state index < -0.39 is 0 Å². The highest BCUT2D eigenvalue weighted by Crippen LogP contribution is 2.54. The maximum atomic E-state index is 12.1. The van der Waals surface area contributed by atoms with Gasteiger partial charge in [-0.2, -0.15) is 0 Å². The summed E-state index contributed by atoms with van der Waals surface area (Å²) in [5.41, 5.74) is 0.159. The van der Waals surface area contributed by atoms with E-state index >= 15 is 0 Å². The van der Waals surface area contributed by atoms with E-state index in [0.29, 0.717) is 25.2 Å². The van der Waals surface area contributed by atoms with Crippen LogP contribution >= 0.6 is 0 Å². The van der Waals surface area contributed by atoms with Gasteiger partial charge in [0.25, 0.3) is 0 Å². The Morgan fingerprint density at radius 2 is 2.24 bits per heavy atom. The number of carbonyl (C=O) groups is 2.